The number of aromatic nitrogens is 2. The normalized spacial score (nSPS) is 10.2. The van der Waals surface area contributed by atoms with Crippen molar-refractivity contribution in [3.63, 3.8) is 0 Å². The molecule has 0 atom stereocenters. The molecule has 8 heteroatoms. The first-order valence-electron chi connectivity index (χ1n) is 5.71. The molecule has 0 bridgehead atoms. The van der Waals surface area contributed by atoms with Crippen LogP contribution >= 0.6 is 11.5 Å². The Morgan fingerprint density at radius 2 is 2.15 bits per heavy atom. The minimum atomic E-state index is -1.27. The molecule has 2 aromatic rings. The summed E-state index contributed by atoms with van der Waals surface area (Å²) in [6.45, 7) is 1.86. The molecule has 0 aliphatic rings. The zero-order valence-corrected chi connectivity index (χ0v) is 11.3. The minimum absolute atomic E-state index is 0.277. The van der Waals surface area contributed by atoms with E-state index in [0.717, 1.165) is 11.5 Å². The molecule has 3 N–H and O–H groups in total. The number of phenols is 1. The Bertz CT molecular complexity index is 668. The number of hydrogen-bond acceptors (Lipinski definition) is 6. The van der Waals surface area contributed by atoms with E-state index in [9.17, 15) is 14.7 Å². The van der Waals surface area contributed by atoms with Gasteiger partial charge in [-0.3, -0.25) is 4.79 Å². The monoisotopic (exact) mass is 293 g/mol. The van der Waals surface area contributed by atoms with Crippen LogP contribution in [-0.2, 0) is 6.42 Å². The van der Waals surface area contributed by atoms with Crippen LogP contribution in [0.2, 0.25) is 0 Å². The number of rotatable bonds is 4. The molecule has 0 saturated carbocycles. The van der Waals surface area contributed by atoms with Gasteiger partial charge in [0.2, 0.25) is 0 Å². The number of carboxylic acid groups (broad SMARTS) is 1. The fraction of sp³-hybridized carbons (Fsp3) is 0.167. The number of carbonyl (C=O) groups excluding carboxylic acids is 1. The van der Waals surface area contributed by atoms with Crippen molar-refractivity contribution in [1.82, 2.24) is 9.59 Å². The summed E-state index contributed by atoms with van der Waals surface area (Å²) in [6, 6.07) is 3.82. The van der Waals surface area contributed by atoms with Gasteiger partial charge in [0.1, 0.15) is 16.2 Å². The summed E-state index contributed by atoms with van der Waals surface area (Å²) in [5.41, 5.74) is 0.589. The third-order valence-electron chi connectivity index (χ3n) is 2.58. The van der Waals surface area contributed by atoms with Crippen LogP contribution in [0.3, 0.4) is 0 Å². The predicted octanol–water partition coefficient (Wildman–Crippen LogP) is 1.76. The van der Waals surface area contributed by atoms with E-state index in [2.05, 4.69) is 14.9 Å². The lowest BCUT2D eigenvalue weighted by atomic mass is 10.1. The van der Waals surface area contributed by atoms with Crippen molar-refractivity contribution >= 4 is 29.1 Å². The van der Waals surface area contributed by atoms with Gasteiger partial charge in [-0.05, 0) is 36.2 Å². The number of amides is 1. The average molecular weight is 293 g/mol. The maximum absolute atomic E-state index is 12.0. The fourth-order valence-electron chi connectivity index (χ4n) is 1.59. The summed E-state index contributed by atoms with van der Waals surface area (Å²) in [4.78, 5) is 23.3. The average Bonchev–Trinajstić information content (AvgIpc) is 2.89. The Morgan fingerprint density at radius 3 is 2.80 bits per heavy atom. The summed E-state index contributed by atoms with van der Waals surface area (Å²) in [7, 11) is 0. The van der Waals surface area contributed by atoms with E-state index in [-0.39, 0.29) is 17.0 Å². The first kappa shape index (κ1) is 13.9. The van der Waals surface area contributed by atoms with E-state index < -0.39 is 11.9 Å². The second-order valence-electron chi connectivity index (χ2n) is 3.89. The maximum atomic E-state index is 12.0. The highest BCUT2D eigenvalue weighted by Crippen LogP contribution is 2.22. The van der Waals surface area contributed by atoms with Gasteiger partial charge in [0.25, 0.3) is 5.91 Å². The van der Waals surface area contributed by atoms with Crippen LogP contribution in [0.4, 0.5) is 5.69 Å². The highest BCUT2D eigenvalue weighted by Gasteiger charge is 2.16. The quantitative estimate of drug-likeness (QED) is 0.740. The number of benzene rings is 1. The first-order valence-corrected chi connectivity index (χ1v) is 6.49. The van der Waals surface area contributed by atoms with Gasteiger partial charge >= 0.3 is 5.97 Å². The molecular formula is C12H11N3O4S. The third-order valence-corrected chi connectivity index (χ3v) is 3.35. The summed E-state index contributed by atoms with van der Waals surface area (Å²) < 4.78 is 3.71. The topological polar surface area (TPSA) is 112 Å². The van der Waals surface area contributed by atoms with Crippen molar-refractivity contribution in [1.29, 1.82) is 0 Å². The lowest BCUT2D eigenvalue weighted by Gasteiger charge is -2.06. The van der Waals surface area contributed by atoms with E-state index in [1.165, 1.54) is 18.2 Å². The summed E-state index contributed by atoms with van der Waals surface area (Å²) in [5.74, 6) is -2.03. The lowest BCUT2D eigenvalue weighted by molar-refractivity contribution is 0.0693. The molecule has 1 aromatic carbocycles. The van der Waals surface area contributed by atoms with Crippen molar-refractivity contribution in [2.45, 2.75) is 13.3 Å². The number of carboxylic acids is 1. The molecule has 0 aliphatic heterocycles. The number of aromatic hydroxyl groups is 1. The number of carbonyl (C=O) groups is 2. The van der Waals surface area contributed by atoms with Gasteiger partial charge in [-0.25, -0.2) is 4.79 Å². The van der Waals surface area contributed by atoms with Crippen LogP contribution in [0, 0.1) is 0 Å². The lowest BCUT2D eigenvalue weighted by Crippen LogP contribution is -2.13. The van der Waals surface area contributed by atoms with Crippen LogP contribution in [0.15, 0.2) is 18.2 Å². The Morgan fingerprint density at radius 1 is 1.40 bits per heavy atom. The molecular weight excluding hydrogens is 282 g/mol. The van der Waals surface area contributed by atoms with Crippen LogP contribution in [0.5, 0.6) is 5.75 Å². The second-order valence-corrected chi connectivity index (χ2v) is 4.65. The zero-order chi connectivity index (χ0) is 14.7. The molecule has 0 spiro atoms. The van der Waals surface area contributed by atoms with Crippen LogP contribution < -0.4 is 5.32 Å². The van der Waals surface area contributed by atoms with Gasteiger partial charge in [-0.1, -0.05) is 11.4 Å². The van der Waals surface area contributed by atoms with E-state index in [1.807, 2.05) is 6.92 Å². The largest absolute Gasteiger partial charge is 0.507 e. The van der Waals surface area contributed by atoms with Gasteiger partial charge in [0, 0.05) is 5.69 Å². The van der Waals surface area contributed by atoms with Crippen molar-refractivity contribution in [3.05, 3.63) is 34.3 Å². The molecule has 0 radical (unpaired) electrons. The van der Waals surface area contributed by atoms with Gasteiger partial charge < -0.3 is 15.5 Å². The summed E-state index contributed by atoms with van der Waals surface area (Å²) in [5, 5.41) is 24.7. The van der Waals surface area contributed by atoms with E-state index in [0.29, 0.717) is 17.0 Å². The highest BCUT2D eigenvalue weighted by atomic mass is 32.1. The number of nitrogens with one attached hydrogen (secondary N) is 1. The third kappa shape index (κ3) is 2.75. The molecule has 0 saturated heterocycles. The number of aryl methyl sites for hydroxylation is 1. The van der Waals surface area contributed by atoms with Crippen molar-refractivity contribution in [3.8, 4) is 5.75 Å². The maximum Gasteiger partial charge on any atom is 0.339 e. The number of hydrogen-bond donors (Lipinski definition) is 3. The van der Waals surface area contributed by atoms with Gasteiger partial charge in [-0.15, -0.1) is 5.10 Å². The molecule has 104 valence electrons. The fourth-order valence-corrected chi connectivity index (χ4v) is 2.23. The van der Waals surface area contributed by atoms with E-state index >= 15 is 0 Å². The van der Waals surface area contributed by atoms with Gasteiger partial charge in [-0.2, -0.15) is 0 Å². The molecule has 1 heterocycles. The Kier molecular flexibility index (Phi) is 3.94. The van der Waals surface area contributed by atoms with E-state index in [1.54, 1.807) is 0 Å². The molecule has 1 aromatic heterocycles. The Labute approximate surface area is 118 Å². The van der Waals surface area contributed by atoms with Crippen molar-refractivity contribution in [2.24, 2.45) is 0 Å². The zero-order valence-electron chi connectivity index (χ0n) is 10.5. The molecule has 0 aliphatic carbocycles. The molecule has 20 heavy (non-hydrogen) atoms. The Hall–Kier alpha value is -2.48. The molecule has 1 amide bonds. The molecule has 0 unspecified atom stereocenters. The predicted molar refractivity (Wildman–Crippen MR) is 72.3 cm³/mol. The van der Waals surface area contributed by atoms with E-state index in [4.69, 9.17) is 5.11 Å². The summed E-state index contributed by atoms with van der Waals surface area (Å²) in [6.07, 6.45) is 0.579. The standard InChI is InChI=1S/C12H11N3O4S/c1-2-8-10(20-15-14-8)11(17)13-6-3-4-9(16)7(5-6)12(18)19/h3-5,16H,2H2,1H3,(H,13,17)(H,18,19). The molecule has 7 nitrogen and oxygen atoms in total. The van der Waals surface area contributed by atoms with Gasteiger partial charge in [0.05, 0.1) is 5.69 Å². The van der Waals surface area contributed by atoms with Crippen molar-refractivity contribution < 1.29 is 19.8 Å². The Balaban J connectivity index is 2.24. The van der Waals surface area contributed by atoms with Crippen LogP contribution in [-0.4, -0.2) is 31.7 Å². The first-order chi connectivity index (χ1) is 9.52. The number of anilines is 1. The smallest absolute Gasteiger partial charge is 0.339 e. The van der Waals surface area contributed by atoms with Gasteiger partial charge in [0.15, 0.2) is 0 Å². The van der Waals surface area contributed by atoms with Crippen LogP contribution in [0.25, 0.3) is 0 Å². The molecule has 2 rings (SSSR count). The van der Waals surface area contributed by atoms with Crippen molar-refractivity contribution in [2.75, 3.05) is 5.32 Å². The minimum Gasteiger partial charge on any atom is -0.507 e. The number of nitrogens with zero attached hydrogens (tertiary/aromatic N) is 2. The summed E-state index contributed by atoms with van der Waals surface area (Å²) >= 11 is 0.976. The second kappa shape index (κ2) is 5.66. The molecule has 0 fully saturated rings. The highest BCUT2D eigenvalue weighted by molar-refractivity contribution is 7.08. The number of aromatic carboxylic acids is 1. The van der Waals surface area contributed by atoms with Crippen LogP contribution in [0.1, 0.15) is 32.6 Å². The SMILES string of the molecule is CCc1nnsc1C(=O)Nc1ccc(O)c(C(=O)O)c1.